The first-order valence-electron chi connectivity index (χ1n) is 7.21. The van der Waals surface area contributed by atoms with Gasteiger partial charge in [-0.3, -0.25) is 4.57 Å². The summed E-state index contributed by atoms with van der Waals surface area (Å²) in [5.41, 5.74) is 1.25. The second-order valence-electron chi connectivity index (χ2n) is 4.98. The number of ether oxygens (including phenoxy) is 1. The Hall–Kier alpha value is -2.04. The molecule has 5 nitrogen and oxygen atoms in total. The van der Waals surface area contributed by atoms with E-state index in [0.29, 0.717) is 6.61 Å². The summed E-state index contributed by atoms with van der Waals surface area (Å²) in [7, 11) is 0. The molecule has 2 aromatic rings. The van der Waals surface area contributed by atoms with Crippen LogP contribution in [-0.4, -0.2) is 27.9 Å². The molecule has 0 saturated heterocycles. The minimum absolute atomic E-state index is 0.268. The molecule has 3 rings (SSSR count). The molecule has 1 aliphatic heterocycles. The summed E-state index contributed by atoms with van der Waals surface area (Å²) < 4.78 is 8.00. The van der Waals surface area contributed by atoms with Crippen molar-refractivity contribution in [2.45, 2.75) is 32.7 Å². The molecule has 0 spiro atoms. The van der Waals surface area contributed by atoms with E-state index in [2.05, 4.69) is 46.1 Å². The third-order valence-corrected chi connectivity index (χ3v) is 3.67. The summed E-state index contributed by atoms with van der Waals surface area (Å²) in [5, 5.41) is 11.9. The van der Waals surface area contributed by atoms with E-state index in [1.165, 1.54) is 5.56 Å². The normalized spacial score (nSPS) is 17.4. The molecule has 1 aliphatic rings. The van der Waals surface area contributed by atoms with Crippen molar-refractivity contribution in [3.05, 3.63) is 35.7 Å². The van der Waals surface area contributed by atoms with E-state index in [1.54, 1.807) is 0 Å². The first kappa shape index (κ1) is 13.0. The number of rotatable bonds is 4. The van der Waals surface area contributed by atoms with Crippen molar-refractivity contribution in [3.63, 3.8) is 0 Å². The maximum absolute atomic E-state index is 5.86. The minimum atomic E-state index is 0.268. The molecule has 0 amide bonds. The Bertz CT molecular complexity index is 593. The molecular weight excluding hydrogens is 252 g/mol. The number of para-hydroxylation sites is 1. The zero-order valence-electron chi connectivity index (χ0n) is 12.0. The molecule has 0 saturated carbocycles. The third kappa shape index (κ3) is 2.24. The lowest BCUT2D eigenvalue weighted by Crippen LogP contribution is -2.22. The first-order chi connectivity index (χ1) is 9.83. The number of nitrogens with one attached hydrogen (secondary N) is 1. The number of nitrogens with zero attached hydrogens (tertiary/aromatic N) is 3. The molecule has 1 aromatic heterocycles. The van der Waals surface area contributed by atoms with Crippen molar-refractivity contribution >= 4 is 5.95 Å². The fourth-order valence-electron chi connectivity index (χ4n) is 2.71. The number of hydrogen-bond acceptors (Lipinski definition) is 4. The van der Waals surface area contributed by atoms with Gasteiger partial charge in [-0.05, 0) is 31.9 Å². The van der Waals surface area contributed by atoms with Gasteiger partial charge in [-0.2, -0.15) is 0 Å². The number of hydrogen-bond donors (Lipinski definition) is 1. The monoisotopic (exact) mass is 272 g/mol. The molecule has 20 heavy (non-hydrogen) atoms. The molecule has 1 aromatic carbocycles. The van der Waals surface area contributed by atoms with E-state index >= 15 is 0 Å². The molecule has 1 unspecified atom stereocenters. The highest BCUT2D eigenvalue weighted by Crippen LogP contribution is 2.32. The lowest BCUT2D eigenvalue weighted by atomic mass is 9.96. The lowest BCUT2D eigenvalue weighted by molar-refractivity contribution is 0.255. The molecule has 1 N–H and O–H groups in total. The number of aromatic nitrogens is 3. The molecule has 0 aliphatic carbocycles. The van der Waals surface area contributed by atoms with Gasteiger partial charge in [0.2, 0.25) is 5.95 Å². The predicted octanol–water partition coefficient (Wildman–Crippen LogP) is 2.45. The second-order valence-corrected chi connectivity index (χ2v) is 4.98. The van der Waals surface area contributed by atoms with Gasteiger partial charge in [-0.25, -0.2) is 0 Å². The van der Waals surface area contributed by atoms with Crippen LogP contribution in [0.5, 0.6) is 5.75 Å². The van der Waals surface area contributed by atoms with Crippen LogP contribution in [0, 0.1) is 0 Å². The molecular formula is C15H20N4O. The van der Waals surface area contributed by atoms with Crippen LogP contribution in [-0.2, 0) is 13.0 Å². The summed E-state index contributed by atoms with van der Waals surface area (Å²) >= 11 is 0. The van der Waals surface area contributed by atoms with Gasteiger partial charge < -0.3 is 10.1 Å². The largest absolute Gasteiger partial charge is 0.493 e. The predicted molar refractivity (Wildman–Crippen MR) is 78.2 cm³/mol. The van der Waals surface area contributed by atoms with Crippen LogP contribution in [0.4, 0.5) is 5.95 Å². The fraction of sp³-hybridized carbons (Fsp3) is 0.467. The summed E-state index contributed by atoms with van der Waals surface area (Å²) in [6.07, 6.45) is 0.959. The molecule has 0 fully saturated rings. The Morgan fingerprint density at radius 3 is 2.95 bits per heavy atom. The summed E-state index contributed by atoms with van der Waals surface area (Å²) in [5.74, 6) is 3.13. The van der Waals surface area contributed by atoms with Crippen LogP contribution in [0.25, 0.3) is 0 Å². The van der Waals surface area contributed by atoms with Gasteiger partial charge in [0, 0.05) is 13.1 Å². The number of benzene rings is 1. The van der Waals surface area contributed by atoms with Gasteiger partial charge in [0.05, 0.1) is 12.5 Å². The second kappa shape index (κ2) is 5.53. The van der Waals surface area contributed by atoms with Crippen molar-refractivity contribution in [2.75, 3.05) is 18.5 Å². The Morgan fingerprint density at radius 1 is 1.30 bits per heavy atom. The van der Waals surface area contributed by atoms with E-state index in [0.717, 1.165) is 37.0 Å². The zero-order valence-corrected chi connectivity index (χ0v) is 12.0. The van der Waals surface area contributed by atoms with Crippen molar-refractivity contribution in [1.82, 2.24) is 14.8 Å². The highest BCUT2D eigenvalue weighted by Gasteiger charge is 2.26. The average molecular weight is 272 g/mol. The summed E-state index contributed by atoms with van der Waals surface area (Å²) in [6, 6.07) is 8.22. The first-order valence-corrected chi connectivity index (χ1v) is 7.21. The standard InChI is InChI=1S/C15H20N4O/c1-3-16-15-18-17-14(19(15)4-2)12-9-11-7-5-6-8-13(11)20-10-12/h5-8,12H,3-4,9-10H2,1-2H3,(H,16,18). The van der Waals surface area contributed by atoms with Crippen molar-refractivity contribution in [1.29, 1.82) is 0 Å². The number of anilines is 1. The van der Waals surface area contributed by atoms with Gasteiger partial charge in [-0.1, -0.05) is 18.2 Å². The average Bonchev–Trinajstić information content (AvgIpc) is 2.90. The molecule has 0 radical (unpaired) electrons. The SMILES string of the molecule is CCNc1nnc(C2COc3ccccc3C2)n1CC. The lowest BCUT2D eigenvalue weighted by Gasteiger charge is -2.25. The quantitative estimate of drug-likeness (QED) is 0.929. The highest BCUT2D eigenvalue weighted by atomic mass is 16.5. The smallest absolute Gasteiger partial charge is 0.224 e. The van der Waals surface area contributed by atoms with Crippen molar-refractivity contribution < 1.29 is 4.74 Å². The molecule has 5 heteroatoms. The third-order valence-electron chi connectivity index (χ3n) is 3.67. The Balaban J connectivity index is 1.88. The Morgan fingerprint density at radius 2 is 2.15 bits per heavy atom. The molecule has 0 bridgehead atoms. The Kier molecular flexibility index (Phi) is 3.58. The minimum Gasteiger partial charge on any atom is -0.493 e. The maximum atomic E-state index is 5.86. The topological polar surface area (TPSA) is 52.0 Å². The maximum Gasteiger partial charge on any atom is 0.224 e. The van der Waals surface area contributed by atoms with Gasteiger partial charge in [0.25, 0.3) is 0 Å². The highest BCUT2D eigenvalue weighted by molar-refractivity contribution is 5.37. The fourth-order valence-corrected chi connectivity index (χ4v) is 2.71. The van der Waals surface area contributed by atoms with Crippen molar-refractivity contribution in [2.24, 2.45) is 0 Å². The van der Waals surface area contributed by atoms with Gasteiger partial charge in [0.1, 0.15) is 11.6 Å². The van der Waals surface area contributed by atoms with Gasteiger partial charge >= 0.3 is 0 Å². The van der Waals surface area contributed by atoms with Crippen LogP contribution in [0.1, 0.15) is 31.2 Å². The van der Waals surface area contributed by atoms with Crippen LogP contribution in [0.15, 0.2) is 24.3 Å². The van der Waals surface area contributed by atoms with Gasteiger partial charge in [0.15, 0.2) is 0 Å². The molecule has 2 heterocycles. The van der Waals surface area contributed by atoms with Gasteiger partial charge in [-0.15, -0.1) is 10.2 Å². The van der Waals surface area contributed by atoms with E-state index in [9.17, 15) is 0 Å². The van der Waals surface area contributed by atoms with E-state index in [1.807, 2.05) is 12.1 Å². The van der Waals surface area contributed by atoms with Crippen LogP contribution >= 0.6 is 0 Å². The van der Waals surface area contributed by atoms with E-state index < -0.39 is 0 Å². The number of fused-ring (bicyclic) bond motifs is 1. The van der Waals surface area contributed by atoms with Crippen molar-refractivity contribution in [3.8, 4) is 5.75 Å². The zero-order chi connectivity index (χ0) is 13.9. The van der Waals surface area contributed by atoms with E-state index in [4.69, 9.17) is 4.74 Å². The van der Waals surface area contributed by atoms with E-state index in [-0.39, 0.29) is 5.92 Å². The summed E-state index contributed by atoms with van der Waals surface area (Å²) in [6.45, 7) is 6.56. The van der Waals surface area contributed by atoms with Crippen LogP contribution in [0.3, 0.4) is 0 Å². The molecule has 1 atom stereocenters. The Labute approximate surface area is 119 Å². The summed E-state index contributed by atoms with van der Waals surface area (Å²) in [4.78, 5) is 0. The van der Waals surface area contributed by atoms with Crippen LogP contribution in [0.2, 0.25) is 0 Å². The molecule has 106 valence electrons. The van der Waals surface area contributed by atoms with Crippen LogP contribution < -0.4 is 10.1 Å².